The van der Waals surface area contributed by atoms with E-state index < -0.39 is 0 Å². The van der Waals surface area contributed by atoms with Crippen molar-refractivity contribution in [2.45, 2.75) is 12.8 Å². The van der Waals surface area contributed by atoms with E-state index in [1.54, 1.807) is 0 Å². The van der Waals surface area contributed by atoms with Gasteiger partial charge in [0.2, 0.25) is 0 Å². The molecule has 14 heavy (non-hydrogen) atoms. The summed E-state index contributed by atoms with van der Waals surface area (Å²) in [6, 6.07) is 1.82. The minimum Gasteiger partial charge on any atom is -0.356 e. The van der Waals surface area contributed by atoms with Crippen LogP contribution in [0.1, 0.15) is 23.2 Å². The van der Waals surface area contributed by atoms with Crippen molar-refractivity contribution in [1.29, 1.82) is 0 Å². The highest BCUT2D eigenvalue weighted by Gasteiger charge is 2.10. The molecule has 0 aliphatic heterocycles. The molecule has 0 bridgehead atoms. The summed E-state index contributed by atoms with van der Waals surface area (Å²) in [6.45, 7) is 0.656. The van der Waals surface area contributed by atoms with Crippen LogP contribution in [0.15, 0.2) is 30.1 Å². The smallest absolute Gasteiger partial charge is 0.253 e. The summed E-state index contributed by atoms with van der Waals surface area (Å²) in [4.78, 5) is 11.5. The number of aromatic nitrogens is 1. The van der Waals surface area contributed by atoms with Gasteiger partial charge in [-0.2, -0.15) is 0 Å². The van der Waals surface area contributed by atoms with Gasteiger partial charge in [-0.3, -0.25) is 4.79 Å². The third-order valence-corrected chi connectivity index (χ3v) is 2.29. The second-order valence-corrected chi connectivity index (χ2v) is 3.64. The van der Waals surface area contributed by atoms with E-state index in [0.717, 1.165) is 5.56 Å². The Bertz CT molecular complexity index is 370. The van der Waals surface area contributed by atoms with Gasteiger partial charge in [0.15, 0.2) is 0 Å². The van der Waals surface area contributed by atoms with Gasteiger partial charge in [0.05, 0.1) is 5.56 Å². The van der Waals surface area contributed by atoms with Crippen molar-refractivity contribution < 1.29 is 4.79 Å². The largest absolute Gasteiger partial charge is 0.356 e. The number of amides is 1. The monoisotopic (exact) mass is 190 g/mol. The van der Waals surface area contributed by atoms with Crippen LogP contribution in [0.5, 0.6) is 0 Å². The fraction of sp³-hybridized carbons (Fsp3) is 0.364. The van der Waals surface area contributed by atoms with Crippen LogP contribution in [0.2, 0.25) is 0 Å². The van der Waals surface area contributed by atoms with Gasteiger partial charge in [-0.1, -0.05) is 11.6 Å². The molecule has 3 nitrogen and oxygen atoms in total. The van der Waals surface area contributed by atoms with Gasteiger partial charge in [-0.25, -0.2) is 0 Å². The maximum atomic E-state index is 11.5. The molecule has 3 heteroatoms. The first kappa shape index (κ1) is 9.06. The molecule has 1 N–H and O–H groups in total. The summed E-state index contributed by atoms with van der Waals surface area (Å²) >= 11 is 0. The standard InChI is InChI=1S/C11H14N2O/c1-13-7-5-10(8-13)11(14)12-6-4-9-2-3-9/h4-5,7-8H,2-3,6H2,1H3,(H,12,14). The lowest BCUT2D eigenvalue weighted by molar-refractivity contribution is 0.0958. The highest BCUT2D eigenvalue weighted by molar-refractivity contribution is 5.94. The Morgan fingerprint density at radius 3 is 3.00 bits per heavy atom. The van der Waals surface area contributed by atoms with Crippen molar-refractivity contribution in [3.63, 3.8) is 0 Å². The number of carbonyl (C=O) groups is 1. The summed E-state index contributed by atoms with van der Waals surface area (Å²) in [6.07, 6.45) is 8.21. The second kappa shape index (κ2) is 3.70. The number of hydrogen-bond donors (Lipinski definition) is 1. The summed E-state index contributed by atoms with van der Waals surface area (Å²) in [5.41, 5.74) is 2.18. The van der Waals surface area contributed by atoms with Gasteiger partial charge in [0.25, 0.3) is 5.91 Å². The minimum absolute atomic E-state index is 0.00287. The lowest BCUT2D eigenvalue weighted by Crippen LogP contribution is -2.22. The van der Waals surface area contributed by atoms with Crippen LogP contribution < -0.4 is 5.32 Å². The Labute approximate surface area is 83.4 Å². The van der Waals surface area contributed by atoms with Gasteiger partial charge in [0.1, 0.15) is 0 Å². The van der Waals surface area contributed by atoms with Crippen LogP contribution in [-0.2, 0) is 7.05 Å². The minimum atomic E-state index is 0.00287. The first-order valence-corrected chi connectivity index (χ1v) is 4.84. The Kier molecular flexibility index (Phi) is 2.39. The fourth-order valence-electron chi connectivity index (χ4n) is 1.30. The molecule has 2 rings (SSSR count). The normalized spacial score (nSPS) is 13.9. The van der Waals surface area contributed by atoms with Crippen molar-refractivity contribution in [2.75, 3.05) is 6.54 Å². The molecule has 1 saturated carbocycles. The number of allylic oxidation sites excluding steroid dienone is 1. The van der Waals surface area contributed by atoms with Crippen molar-refractivity contribution in [3.8, 4) is 0 Å². The quantitative estimate of drug-likeness (QED) is 0.720. The molecule has 0 radical (unpaired) electrons. The van der Waals surface area contributed by atoms with Crippen LogP contribution in [0.3, 0.4) is 0 Å². The average Bonchev–Trinajstić information content (AvgIpc) is 2.87. The van der Waals surface area contributed by atoms with Gasteiger partial charge < -0.3 is 9.88 Å². The van der Waals surface area contributed by atoms with E-state index in [1.165, 1.54) is 18.4 Å². The molecule has 0 aromatic carbocycles. The first-order valence-electron chi connectivity index (χ1n) is 4.84. The van der Waals surface area contributed by atoms with E-state index in [1.807, 2.05) is 30.1 Å². The molecule has 74 valence electrons. The molecule has 1 heterocycles. The topological polar surface area (TPSA) is 34.0 Å². The fourth-order valence-corrected chi connectivity index (χ4v) is 1.30. The van der Waals surface area contributed by atoms with Gasteiger partial charge >= 0.3 is 0 Å². The summed E-state index contributed by atoms with van der Waals surface area (Å²) in [5, 5.41) is 2.85. The number of hydrogen-bond acceptors (Lipinski definition) is 1. The third kappa shape index (κ3) is 2.25. The number of aryl methyl sites for hydroxylation is 1. The molecule has 0 unspecified atom stereocenters. The highest BCUT2D eigenvalue weighted by atomic mass is 16.1. The lowest BCUT2D eigenvalue weighted by atomic mass is 10.3. The maximum Gasteiger partial charge on any atom is 0.253 e. The number of rotatable bonds is 3. The molecule has 1 aromatic rings. The van der Waals surface area contributed by atoms with E-state index >= 15 is 0 Å². The summed E-state index contributed by atoms with van der Waals surface area (Å²) in [7, 11) is 1.91. The maximum absolute atomic E-state index is 11.5. The van der Waals surface area contributed by atoms with E-state index in [4.69, 9.17) is 0 Å². The molecule has 1 aromatic heterocycles. The molecular weight excluding hydrogens is 176 g/mol. The zero-order valence-corrected chi connectivity index (χ0v) is 8.29. The molecule has 1 amide bonds. The average molecular weight is 190 g/mol. The van der Waals surface area contributed by atoms with E-state index in [2.05, 4.69) is 11.4 Å². The van der Waals surface area contributed by atoms with E-state index in [9.17, 15) is 4.79 Å². The van der Waals surface area contributed by atoms with Gasteiger partial charge in [0, 0.05) is 26.0 Å². The predicted molar refractivity (Wildman–Crippen MR) is 55.1 cm³/mol. The van der Waals surface area contributed by atoms with Crippen LogP contribution in [0, 0.1) is 0 Å². The molecule has 1 aliphatic rings. The SMILES string of the molecule is Cn1ccc(C(=O)NCC=C2CC2)c1. The Hall–Kier alpha value is -1.51. The molecule has 0 spiro atoms. The van der Waals surface area contributed by atoms with Crippen LogP contribution in [-0.4, -0.2) is 17.0 Å². The Morgan fingerprint density at radius 1 is 1.64 bits per heavy atom. The van der Waals surface area contributed by atoms with Crippen molar-refractivity contribution in [2.24, 2.45) is 7.05 Å². The highest BCUT2D eigenvalue weighted by Crippen LogP contribution is 2.26. The third-order valence-electron chi connectivity index (χ3n) is 2.29. The first-order chi connectivity index (χ1) is 6.75. The van der Waals surface area contributed by atoms with E-state index in [-0.39, 0.29) is 5.91 Å². The van der Waals surface area contributed by atoms with E-state index in [0.29, 0.717) is 6.54 Å². The van der Waals surface area contributed by atoms with Crippen LogP contribution >= 0.6 is 0 Å². The molecule has 0 saturated heterocycles. The predicted octanol–water partition coefficient (Wildman–Crippen LogP) is 1.48. The number of carbonyl (C=O) groups excluding carboxylic acids is 1. The second-order valence-electron chi connectivity index (χ2n) is 3.64. The lowest BCUT2D eigenvalue weighted by Gasteiger charge is -1.98. The summed E-state index contributed by atoms with van der Waals surface area (Å²) < 4.78 is 1.87. The van der Waals surface area contributed by atoms with Crippen LogP contribution in [0.25, 0.3) is 0 Å². The van der Waals surface area contributed by atoms with Crippen LogP contribution in [0.4, 0.5) is 0 Å². The van der Waals surface area contributed by atoms with Gasteiger partial charge in [-0.15, -0.1) is 0 Å². The van der Waals surface area contributed by atoms with Crippen molar-refractivity contribution in [1.82, 2.24) is 9.88 Å². The molecule has 0 atom stereocenters. The Morgan fingerprint density at radius 2 is 2.43 bits per heavy atom. The molecule has 1 fully saturated rings. The molecule has 1 aliphatic carbocycles. The van der Waals surface area contributed by atoms with Crippen molar-refractivity contribution >= 4 is 5.91 Å². The number of nitrogens with zero attached hydrogens (tertiary/aromatic N) is 1. The van der Waals surface area contributed by atoms with Crippen molar-refractivity contribution in [3.05, 3.63) is 35.7 Å². The zero-order valence-electron chi connectivity index (χ0n) is 8.29. The van der Waals surface area contributed by atoms with Gasteiger partial charge in [-0.05, 0) is 18.9 Å². The summed E-state index contributed by atoms with van der Waals surface area (Å²) in [5.74, 6) is 0.00287. The molecular formula is C11H14N2O. The zero-order chi connectivity index (χ0) is 9.97. The Balaban J connectivity index is 1.85. The number of nitrogens with one attached hydrogen (secondary N) is 1.